The van der Waals surface area contributed by atoms with Crippen LogP contribution in [0.4, 0.5) is 0 Å². The highest BCUT2D eigenvalue weighted by Crippen LogP contribution is 2.41. The maximum Gasteiger partial charge on any atom is 0.0326 e. The van der Waals surface area contributed by atoms with Crippen molar-refractivity contribution in [2.75, 3.05) is 7.05 Å². The average Bonchev–Trinajstić information content (AvgIpc) is 2.41. The topological polar surface area (TPSA) is 12.0 Å². The van der Waals surface area contributed by atoms with Crippen molar-refractivity contribution in [1.29, 1.82) is 0 Å². The Labute approximate surface area is 129 Å². The Morgan fingerprint density at radius 1 is 1.25 bits per heavy atom. The zero-order valence-corrected chi connectivity index (χ0v) is 13.6. The van der Waals surface area contributed by atoms with Gasteiger partial charge in [0, 0.05) is 10.5 Å². The van der Waals surface area contributed by atoms with Crippen molar-refractivity contribution in [2.24, 2.45) is 0 Å². The van der Waals surface area contributed by atoms with Crippen molar-refractivity contribution >= 4 is 15.9 Å². The average molecular weight is 330 g/mol. The van der Waals surface area contributed by atoms with Crippen LogP contribution in [0.15, 0.2) is 46.9 Å². The molecule has 0 aliphatic heterocycles. The van der Waals surface area contributed by atoms with E-state index in [0.29, 0.717) is 12.0 Å². The number of benzene rings is 2. The molecule has 2 aromatic rings. The van der Waals surface area contributed by atoms with Gasteiger partial charge in [-0.15, -0.1) is 0 Å². The first-order valence-corrected chi connectivity index (χ1v) is 7.99. The van der Waals surface area contributed by atoms with E-state index in [1.165, 1.54) is 29.5 Å². The van der Waals surface area contributed by atoms with E-state index in [1.807, 2.05) is 0 Å². The standard InChI is InChI=1S/C18H20BrN/c1-12-9-15(19)7-8-16(12)18(20-2)11-14-10-13-5-3-4-6-17(13)14/h3-9,14,18,20H,10-11H2,1-2H3. The summed E-state index contributed by atoms with van der Waals surface area (Å²) in [5, 5.41) is 3.49. The second kappa shape index (κ2) is 5.71. The van der Waals surface area contributed by atoms with E-state index in [1.54, 1.807) is 5.56 Å². The highest BCUT2D eigenvalue weighted by molar-refractivity contribution is 9.10. The highest BCUT2D eigenvalue weighted by atomic mass is 79.9. The van der Waals surface area contributed by atoms with Crippen molar-refractivity contribution in [3.63, 3.8) is 0 Å². The fourth-order valence-electron chi connectivity index (χ4n) is 3.29. The summed E-state index contributed by atoms with van der Waals surface area (Å²) in [6.45, 7) is 2.19. The summed E-state index contributed by atoms with van der Waals surface area (Å²) >= 11 is 3.54. The number of fused-ring (bicyclic) bond motifs is 1. The van der Waals surface area contributed by atoms with Crippen molar-refractivity contribution in [2.45, 2.75) is 31.7 Å². The van der Waals surface area contributed by atoms with Crippen molar-refractivity contribution < 1.29 is 0 Å². The van der Waals surface area contributed by atoms with Crippen molar-refractivity contribution in [3.05, 3.63) is 69.2 Å². The molecule has 0 radical (unpaired) electrons. The normalized spacial score (nSPS) is 18.2. The fraction of sp³-hybridized carbons (Fsp3) is 0.333. The van der Waals surface area contributed by atoms with E-state index < -0.39 is 0 Å². The van der Waals surface area contributed by atoms with Crippen molar-refractivity contribution in [1.82, 2.24) is 5.32 Å². The van der Waals surface area contributed by atoms with Gasteiger partial charge in [0.05, 0.1) is 0 Å². The van der Waals surface area contributed by atoms with Gasteiger partial charge < -0.3 is 5.32 Å². The van der Waals surface area contributed by atoms with Gasteiger partial charge >= 0.3 is 0 Å². The zero-order chi connectivity index (χ0) is 14.1. The molecule has 1 aliphatic rings. The monoisotopic (exact) mass is 329 g/mol. The lowest BCUT2D eigenvalue weighted by Gasteiger charge is -2.33. The molecule has 2 unspecified atom stereocenters. The first-order chi connectivity index (χ1) is 9.69. The largest absolute Gasteiger partial charge is 0.313 e. The van der Waals surface area contributed by atoms with Gasteiger partial charge in [0.15, 0.2) is 0 Å². The molecule has 20 heavy (non-hydrogen) atoms. The van der Waals surface area contributed by atoms with Crippen LogP contribution in [0.1, 0.15) is 40.6 Å². The van der Waals surface area contributed by atoms with Gasteiger partial charge in [-0.05, 0) is 67.1 Å². The summed E-state index contributed by atoms with van der Waals surface area (Å²) in [5.74, 6) is 0.701. The molecule has 1 aliphatic carbocycles. The molecule has 1 N–H and O–H groups in total. The van der Waals surface area contributed by atoms with Gasteiger partial charge in [-0.25, -0.2) is 0 Å². The number of aryl methyl sites for hydroxylation is 1. The molecule has 3 rings (SSSR count). The molecule has 0 amide bonds. The Morgan fingerprint density at radius 3 is 2.75 bits per heavy atom. The summed E-state index contributed by atoms with van der Waals surface area (Å²) in [5.41, 5.74) is 5.84. The Bertz CT molecular complexity index is 621. The Balaban J connectivity index is 1.79. The smallest absolute Gasteiger partial charge is 0.0326 e. The van der Waals surface area contributed by atoms with Crippen LogP contribution in [0.25, 0.3) is 0 Å². The second-order valence-corrected chi connectivity index (χ2v) is 6.59. The van der Waals surface area contributed by atoms with Gasteiger partial charge in [-0.2, -0.15) is 0 Å². The Hall–Kier alpha value is -1.12. The lowest BCUT2D eigenvalue weighted by Crippen LogP contribution is -2.25. The predicted molar refractivity (Wildman–Crippen MR) is 88.2 cm³/mol. The van der Waals surface area contributed by atoms with Crippen LogP contribution < -0.4 is 5.32 Å². The van der Waals surface area contributed by atoms with Gasteiger partial charge in [-0.1, -0.05) is 46.3 Å². The lowest BCUT2D eigenvalue weighted by atomic mass is 9.73. The summed E-state index contributed by atoms with van der Waals surface area (Å²) in [6, 6.07) is 15.9. The number of halogens is 1. The third kappa shape index (κ3) is 2.55. The van der Waals surface area contributed by atoms with E-state index >= 15 is 0 Å². The van der Waals surface area contributed by atoms with Gasteiger partial charge in [0.1, 0.15) is 0 Å². The number of rotatable bonds is 4. The third-order valence-corrected chi connectivity index (χ3v) is 4.93. The first kappa shape index (κ1) is 13.8. The minimum absolute atomic E-state index is 0.432. The van der Waals surface area contributed by atoms with E-state index in [2.05, 4.69) is 77.7 Å². The van der Waals surface area contributed by atoms with Crippen LogP contribution in [0.5, 0.6) is 0 Å². The molecule has 0 aromatic heterocycles. The molecular formula is C18H20BrN. The van der Waals surface area contributed by atoms with Gasteiger partial charge in [0.25, 0.3) is 0 Å². The minimum Gasteiger partial charge on any atom is -0.313 e. The summed E-state index contributed by atoms with van der Waals surface area (Å²) in [4.78, 5) is 0. The SMILES string of the molecule is CNC(CC1Cc2ccccc21)c1ccc(Br)cc1C. The molecule has 2 aromatic carbocycles. The first-order valence-electron chi connectivity index (χ1n) is 7.20. The number of nitrogens with one attached hydrogen (secondary N) is 1. The molecule has 0 heterocycles. The molecule has 0 bridgehead atoms. The zero-order valence-electron chi connectivity index (χ0n) is 12.0. The van der Waals surface area contributed by atoms with E-state index in [0.717, 1.165) is 4.47 Å². The van der Waals surface area contributed by atoms with Crippen LogP contribution in [0.2, 0.25) is 0 Å². The fourth-order valence-corrected chi connectivity index (χ4v) is 3.76. The summed E-state index contributed by atoms with van der Waals surface area (Å²) in [6.07, 6.45) is 2.40. The predicted octanol–water partition coefficient (Wildman–Crippen LogP) is 4.75. The molecule has 0 fully saturated rings. The molecule has 0 saturated carbocycles. The minimum atomic E-state index is 0.432. The highest BCUT2D eigenvalue weighted by Gasteiger charge is 2.28. The quantitative estimate of drug-likeness (QED) is 0.853. The van der Waals surface area contributed by atoms with Gasteiger partial charge in [-0.3, -0.25) is 0 Å². The number of hydrogen-bond donors (Lipinski definition) is 1. The van der Waals surface area contributed by atoms with Crippen LogP contribution >= 0.6 is 15.9 Å². The van der Waals surface area contributed by atoms with Crippen LogP contribution in [0.3, 0.4) is 0 Å². The summed E-state index contributed by atoms with van der Waals surface area (Å²) < 4.78 is 1.16. The van der Waals surface area contributed by atoms with Crippen LogP contribution in [0, 0.1) is 6.92 Å². The van der Waals surface area contributed by atoms with E-state index in [9.17, 15) is 0 Å². The van der Waals surface area contributed by atoms with Crippen LogP contribution in [-0.2, 0) is 6.42 Å². The molecule has 104 valence electrons. The summed E-state index contributed by atoms with van der Waals surface area (Å²) in [7, 11) is 2.07. The molecule has 0 saturated heterocycles. The lowest BCUT2D eigenvalue weighted by molar-refractivity contribution is 0.451. The molecule has 1 nitrogen and oxygen atoms in total. The molecular weight excluding hydrogens is 310 g/mol. The third-order valence-electron chi connectivity index (χ3n) is 4.44. The van der Waals surface area contributed by atoms with E-state index in [-0.39, 0.29) is 0 Å². The Morgan fingerprint density at radius 2 is 2.05 bits per heavy atom. The molecule has 2 heteroatoms. The maximum absolute atomic E-state index is 3.54. The molecule has 2 atom stereocenters. The molecule has 0 spiro atoms. The van der Waals surface area contributed by atoms with Crippen LogP contribution in [-0.4, -0.2) is 7.05 Å². The maximum atomic E-state index is 3.54. The van der Waals surface area contributed by atoms with E-state index in [4.69, 9.17) is 0 Å². The van der Waals surface area contributed by atoms with Crippen molar-refractivity contribution in [3.8, 4) is 0 Å². The number of hydrogen-bond acceptors (Lipinski definition) is 1. The van der Waals surface area contributed by atoms with Gasteiger partial charge in [0.2, 0.25) is 0 Å². The Kier molecular flexibility index (Phi) is 3.95. The second-order valence-electron chi connectivity index (χ2n) is 5.68.